The Kier molecular flexibility index (Phi) is 9.19. The van der Waals surface area contributed by atoms with Crippen molar-refractivity contribution in [3.63, 3.8) is 0 Å². The number of unbranched alkanes of at least 4 members (excludes halogenated alkanes) is 2. The summed E-state index contributed by atoms with van der Waals surface area (Å²) in [6, 6.07) is 0. The first-order valence-corrected chi connectivity index (χ1v) is 6.22. The van der Waals surface area contributed by atoms with Crippen LogP contribution in [-0.2, 0) is 4.79 Å². The highest BCUT2D eigenvalue weighted by atomic mass is 32.2. The molecule has 0 saturated carbocycles. The van der Waals surface area contributed by atoms with Crippen LogP contribution in [0.25, 0.3) is 0 Å². The van der Waals surface area contributed by atoms with E-state index >= 15 is 0 Å². The van der Waals surface area contributed by atoms with Gasteiger partial charge in [-0.1, -0.05) is 13.3 Å². The minimum absolute atomic E-state index is 0.256. The van der Waals surface area contributed by atoms with E-state index < -0.39 is 5.97 Å². The molecule has 0 fully saturated rings. The molecule has 0 aromatic heterocycles. The van der Waals surface area contributed by atoms with Crippen LogP contribution in [0, 0.1) is 5.92 Å². The lowest BCUT2D eigenvalue weighted by molar-refractivity contribution is -0.137. The van der Waals surface area contributed by atoms with Crippen molar-refractivity contribution in [1.82, 2.24) is 0 Å². The first kappa shape index (κ1) is 13.8. The van der Waals surface area contributed by atoms with E-state index in [9.17, 15) is 4.79 Å². The lowest BCUT2D eigenvalue weighted by Crippen LogP contribution is -2.03. The van der Waals surface area contributed by atoms with Crippen molar-refractivity contribution in [3.05, 3.63) is 0 Å². The molecule has 0 aromatic carbocycles. The Balaban J connectivity index is 3.02. The third-order valence-corrected chi connectivity index (χ3v) is 3.28. The van der Waals surface area contributed by atoms with Crippen LogP contribution in [0.1, 0.15) is 32.6 Å². The number of thioether (sulfide) groups is 1. The quantitative estimate of drug-likeness (QED) is 0.583. The van der Waals surface area contributed by atoms with Crippen LogP contribution in [0.4, 0.5) is 0 Å². The van der Waals surface area contributed by atoms with E-state index in [0.29, 0.717) is 5.92 Å². The normalized spacial score (nSPS) is 12.7. The molecule has 1 atom stereocenters. The van der Waals surface area contributed by atoms with E-state index in [1.54, 1.807) is 0 Å². The van der Waals surface area contributed by atoms with Gasteiger partial charge in [0.1, 0.15) is 0 Å². The van der Waals surface area contributed by atoms with Crippen molar-refractivity contribution in [2.24, 2.45) is 5.92 Å². The minimum atomic E-state index is -0.702. The molecule has 0 heterocycles. The van der Waals surface area contributed by atoms with E-state index in [1.807, 2.05) is 18.7 Å². The number of rotatable bonds is 9. The van der Waals surface area contributed by atoms with E-state index in [1.165, 1.54) is 0 Å². The molecule has 84 valence electrons. The Labute approximate surface area is 89.9 Å². The minimum Gasteiger partial charge on any atom is -0.481 e. The second kappa shape index (κ2) is 9.34. The number of aliphatic hydroxyl groups is 1. The van der Waals surface area contributed by atoms with Crippen molar-refractivity contribution >= 4 is 17.7 Å². The molecule has 0 amide bonds. The maximum Gasteiger partial charge on any atom is 0.303 e. The predicted molar refractivity (Wildman–Crippen MR) is 59.7 cm³/mol. The van der Waals surface area contributed by atoms with Crippen molar-refractivity contribution in [2.75, 3.05) is 18.1 Å². The van der Waals surface area contributed by atoms with Gasteiger partial charge in [0.2, 0.25) is 0 Å². The molecule has 14 heavy (non-hydrogen) atoms. The smallest absolute Gasteiger partial charge is 0.303 e. The number of carboxylic acid groups (broad SMARTS) is 1. The second-order valence-electron chi connectivity index (χ2n) is 3.57. The summed E-state index contributed by atoms with van der Waals surface area (Å²) in [5, 5.41) is 17.1. The van der Waals surface area contributed by atoms with Crippen LogP contribution < -0.4 is 0 Å². The summed E-state index contributed by atoms with van der Waals surface area (Å²) in [5.41, 5.74) is 0. The van der Waals surface area contributed by atoms with Gasteiger partial charge in [0.15, 0.2) is 0 Å². The number of hydrogen-bond acceptors (Lipinski definition) is 3. The van der Waals surface area contributed by atoms with Gasteiger partial charge in [0, 0.05) is 13.0 Å². The van der Waals surface area contributed by atoms with Crippen LogP contribution >= 0.6 is 11.8 Å². The molecular weight excluding hydrogens is 200 g/mol. The van der Waals surface area contributed by atoms with Gasteiger partial charge in [-0.15, -0.1) is 0 Å². The van der Waals surface area contributed by atoms with Crippen molar-refractivity contribution in [3.8, 4) is 0 Å². The fraction of sp³-hybridized carbons (Fsp3) is 0.900. The Bertz CT molecular complexity index is 150. The monoisotopic (exact) mass is 220 g/mol. The van der Waals surface area contributed by atoms with Gasteiger partial charge in [-0.25, -0.2) is 0 Å². The Morgan fingerprint density at radius 2 is 2.07 bits per heavy atom. The van der Waals surface area contributed by atoms with Crippen LogP contribution in [0.15, 0.2) is 0 Å². The molecule has 0 aromatic rings. The lowest BCUT2D eigenvalue weighted by atomic mass is 10.2. The molecule has 0 aliphatic heterocycles. The van der Waals surface area contributed by atoms with Crippen LogP contribution in [0.5, 0.6) is 0 Å². The zero-order chi connectivity index (χ0) is 10.8. The van der Waals surface area contributed by atoms with Crippen molar-refractivity contribution in [2.45, 2.75) is 32.6 Å². The van der Waals surface area contributed by atoms with Crippen molar-refractivity contribution < 1.29 is 15.0 Å². The molecule has 0 aliphatic carbocycles. The third kappa shape index (κ3) is 9.86. The summed E-state index contributed by atoms with van der Waals surface area (Å²) in [7, 11) is 0. The molecule has 0 rings (SSSR count). The molecular formula is C10H20O3S. The summed E-state index contributed by atoms with van der Waals surface area (Å²) in [6.07, 6.45) is 3.14. The number of carboxylic acids is 1. The second-order valence-corrected chi connectivity index (χ2v) is 4.72. The fourth-order valence-electron chi connectivity index (χ4n) is 0.994. The molecule has 0 bridgehead atoms. The van der Waals surface area contributed by atoms with Crippen LogP contribution in [-0.4, -0.2) is 34.3 Å². The van der Waals surface area contributed by atoms with Gasteiger partial charge in [-0.3, -0.25) is 4.79 Å². The third-order valence-electron chi connectivity index (χ3n) is 1.89. The average molecular weight is 220 g/mol. The number of aliphatic carboxylic acids is 1. The molecule has 0 spiro atoms. The molecule has 0 radical (unpaired) electrons. The zero-order valence-electron chi connectivity index (χ0n) is 8.74. The van der Waals surface area contributed by atoms with Gasteiger partial charge < -0.3 is 10.2 Å². The topological polar surface area (TPSA) is 57.5 Å². The molecule has 0 aliphatic rings. The lowest BCUT2D eigenvalue weighted by Gasteiger charge is -2.06. The molecule has 0 saturated heterocycles. The largest absolute Gasteiger partial charge is 0.481 e. The van der Waals surface area contributed by atoms with E-state index in [4.69, 9.17) is 10.2 Å². The molecule has 3 nitrogen and oxygen atoms in total. The highest BCUT2D eigenvalue weighted by Gasteiger charge is 2.00. The number of aliphatic hydroxyl groups excluding tert-OH is 1. The summed E-state index contributed by atoms with van der Waals surface area (Å²) in [6.45, 7) is 2.28. The Morgan fingerprint density at radius 1 is 1.36 bits per heavy atom. The highest BCUT2D eigenvalue weighted by molar-refractivity contribution is 7.99. The molecule has 2 N–H and O–H groups in total. The van der Waals surface area contributed by atoms with E-state index in [0.717, 1.165) is 30.8 Å². The number of carbonyl (C=O) groups is 1. The van der Waals surface area contributed by atoms with E-state index in [-0.39, 0.29) is 13.0 Å². The SMILES string of the molecule is CC(CO)CSCCCCCC(=O)O. The molecule has 1 unspecified atom stereocenters. The van der Waals surface area contributed by atoms with Crippen molar-refractivity contribution in [1.29, 1.82) is 0 Å². The summed E-state index contributed by atoms with van der Waals surface area (Å²) < 4.78 is 0. The first-order chi connectivity index (χ1) is 6.66. The average Bonchev–Trinajstić information content (AvgIpc) is 2.15. The summed E-state index contributed by atoms with van der Waals surface area (Å²) >= 11 is 1.84. The highest BCUT2D eigenvalue weighted by Crippen LogP contribution is 2.11. The summed E-state index contributed by atoms with van der Waals surface area (Å²) in [4.78, 5) is 10.2. The Hall–Kier alpha value is -0.220. The number of hydrogen-bond donors (Lipinski definition) is 2. The fourth-order valence-corrected chi connectivity index (χ4v) is 2.08. The standard InChI is InChI=1S/C10H20O3S/c1-9(7-11)8-14-6-4-2-3-5-10(12)13/h9,11H,2-8H2,1H3,(H,12,13). The maximum absolute atomic E-state index is 10.2. The van der Waals surface area contributed by atoms with E-state index in [2.05, 4.69) is 0 Å². The van der Waals surface area contributed by atoms with Gasteiger partial charge in [-0.05, 0) is 30.3 Å². The van der Waals surface area contributed by atoms with Crippen LogP contribution in [0.2, 0.25) is 0 Å². The van der Waals surface area contributed by atoms with Gasteiger partial charge >= 0.3 is 5.97 Å². The zero-order valence-corrected chi connectivity index (χ0v) is 9.55. The first-order valence-electron chi connectivity index (χ1n) is 5.07. The van der Waals surface area contributed by atoms with Gasteiger partial charge in [0.05, 0.1) is 0 Å². The maximum atomic E-state index is 10.2. The van der Waals surface area contributed by atoms with Gasteiger partial charge in [-0.2, -0.15) is 11.8 Å². The predicted octanol–water partition coefficient (Wildman–Crippen LogP) is 1.99. The van der Waals surface area contributed by atoms with Crippen LogP contribution in [0.3, 0.4) is 0 Å². The van der Waals surface area contributed by atoms with Gasteiger partial charge in [0.25, 0.3) is 0 Å². The Morgan fingerprint density at radius 3 is 2.64 bits per heavy atom. The summed E-state index contributed by atoms with van der Waals surface area (Å²) in [5.74, 6) is 1.74. The molecule has 4 heteroatoms.